The number of carbonyl (C=O) groups is 2. The summed E-state index contributed by atoms with van der Waals surface area (Å²) >= 11 is 0. The molecule has 20 heavy (non-hydrogen) atoms. The van der Waals surface area contributed by atoms with E-state index < -0.39 is 23.0 Å². The average Bonchev–Trinajstić information content (AvgIpc) is 2.38. The third-order valence-corrected chi connectivity index (χ3v) is 2.36. The molecule has 0 aliphatic heterocycles. The van der Waals surface area contributed by atoms with Gasteiger partial charge in [-0.05, 0) is 13.0 Å². The number of urea groups is 1. The van der Waals surface area contributed by atoms with Crippen LogP contribution in [0.25, 0.3) is 0 Å². The lowest BCUT2D eigenvalue weighted by Gasteiger charge is -2.12. The molecule has 9 nitrogen and oxygen atoms in total. The maximum atomic E-state index is 11.6. The summed E-state index contributed by atoms with van der Waals surface area (Å²) in [6, 6.07) is 1.76. The van der Waals surface area contributed by atoms with Gasteiger partial charge in [-0.25, -0.2) is 4.79 Å². The molecule has 9 heteroatoms. The Balaban J connectivity index is 2.89. The largest absolute Gasteiger partial charge is 0.495 e. The van der Waals surface area contributed by atoms with Crippen LogP contribution in [0.3, 0.4) is 0 Å². The summed E-state index contributed by atoms with van der Waals surface area (Å²) in [5.41, 5.74) is -0.163. The van der Waals surface area contributed by atoms with E-state index in [-0.39, 0.29) is 17.1 Å². The zero-order valence-corrected chi connectivity index (χ0v) is 10.7. The molecule has 0 spiro atoms. The molecule has 2 amide bonds. The van der Waals surface area contributed by atoms with Crippen molar-refractivity contribution in [2.24, 2.45) is 0 Å². The molecule has 0 aliphatic rings. The van der Waals surface area contributed by atoms with E-state index in [1.54, 1.807) is 0 Å². The second-order valence-electron chi connectivity index (χ2n) is 3.80. The third kappa shape index (κ3) is 3.83. The fourth-order valence-electron chi connectivity index (χ4n) is 1.32. The first-order valence-electron chi connectivity index (χ1n) is 5.48. The molecule has 1 rings (SSSR count). The fraction of sp³-hybridized carbons (Fsp3) is 0.273. The molecule has 0 aromatic heterocycles. The molecule has 1 aromatic carbocycles. The van der Waals surface area contributed by atoms with Crippen molar-refractivity contribution in [3.63, 3.8) is 0 Å². The van der Waals surface area contributed by atoms with Gasteiger partial charge >= 0.3 is 12.0 Å². The summed E-state index contributed by atoms with van der Waals surface area (Å²) in [6.07, 6.45) is 0. The first kappa shape index (κ1) is 15.2. The molecule has 3 N–H and O–H groups in total. The van der Waals surface area contributed by atoms with Gasteiger partial charge in [-0.15, -0.1) is 0 Å². The second-order valence-corrected chi connectivity index (χ2v) is 3.80. The molecular weight excluding hydrogens is 270 g/mol. The molecule has 108 valence electrons. The number of ether oxygens (including phenoxy) is 1. The molecule has 0 fully saturated rings. The Bertz CT molecular complexity index is 545. The second kappa shape index (κ2) is 6.36. The summed E-state index contributed by atoms with van der Waals surface area (Å²) in [5, 5.41) is 23.8. The number of aliphatic carboxylic acids is 1. The normalized spacial score (nSPS) is 11.3. The number of methoxy groups -OCH3 is 1. The monoisotopic (exact) mass is 283 g/mol. The maximum Gasteiger partial charge on any atom is 0.325 e. The van der Waals surface area contributed by atoms with Gasteiger partial charge in [-0.1, -0.05) is 0 Å². The number of hydrogen-bond acceptors (Lipinski definition) is 5. The number of carboxylic acids is 1. The van der Waals surface area contributed by atoms with Crippen molar-refractivity contribution in [2.45, 2.75) is 13.0 Å². The zero-order valence-electron chi connectivity index (χ0n) is 10.7. The minimum atomic E-state index is -1.20. The molecule has 0 aliphatic carbocycles. The standard InChI is InChI=1S/C11H13N3O6/c1-6(10(15)16)12-11(17)13-8-5-7(14(18)19)3-4-9(8)20-2/h3-6H,1-2H3,(H,15,16)(H2,12,13,17). The van der Waals surface area contributed by atoms with Gasteiger partial charge in [0.1, 0.15) is 11.8 Å². The number of anilines is 1. The molecule has 0 heterocycles. The highest BCUT2D eigenvalue weighted by Crippen LogP contribution is 2.28. The molecule has 1 aromatic rings. The summed E-state index contributed by atoms with van der Waals surface area (Å²) in [4.78, 5) is 32.2. The van der Waals surface area contributed by atoms with E-state index >= 15 is 0 Å². The summed E-state index contributed by atoms with van der Waals surface area (Å²) in [7, 11) is 1.34. The molecule has 0 bridgehead atoms. The van der Waals surface area contributed by atoms with Crippen LogP contribution in [0.4, 0.5) is 16.2 Å². The molecule has 0 saturated heterocycles. The minimum absolute atomic E-state index is 0.0665. The third-order valence-electron chi connectivity index (χ3n) is 2.36. The Labute approximate surface area is 113 Å². The molecule has 1 unspecified atom stereocenters. The van der Waals surface area contributed by atoms with Gasteiger partial charge in [0.15, 0.2) is 0 Å². The number of carbonyl (C=O) groups excluding carboxylic acids is 1. The van der Waals surface area contributed by atoms with Gasteiger partial charge < -0.3 is 20.5 Å². The van der Waals surface area contributed by atoms with Gasteiger partial charge in [0, 0.05) is 12.1 Å². The number of nitro benzene ring substituents is 1. The Morgan fingerprint density at radius 1 is 1.45 bits per heavy atom. The topological polar surface area (TPSA) is 131 Å². The van der Waals surface area contributed by atoms with Gasteiger partial charge in [0.2, 0.25) is 0 Å². The number of hydrogen-bond donors (Lipinski definition) is 3. The lowest BCUT2D eigenvalue weighted by molar-refractivity contribution is -0.384. The van der Waals surface area contributed by atoms with Gasteiger partial charge in [0.05, 0.1) is 17.7 Å². The highest BCUT2D eigenvalue weighted by Gasteiger charge is 2.17. The predicted molar refractivity (Wildman–Crippen MR) is 68.9 cm³/mol. The quantitative estimate of drug-likeness (QED) is 0.549. The minimum Gasteiger partial charge on any atom is -0.495 e. The molecule has 0 saturated carbocycles. The number of carboxylic acid groups (broad SMARTS) is 1. The number of nitro groups is 1. The van der Waals surface area contributed by atoms with Crippen molar-refractivity contribution in [1.29, 1.82) is 0 Å². The van der Waals surface area contributed by atoms with Crippen molar-refractivity contribution in [1.82, 2.24) is 5.32 Å². The smallest absolute Gasteiger partial charge is 0.325 e. The lowest BCUT2D eigenvalue weighted by atomic mass is 10.2. The van der Waals surface area contributed by atoms with E-state index in [1.807, 2.05) is 0 Å². The number of benzene rings is 1. The first-order chi connectivity index (χ1) is 9.35. The zero-order chi connectivity index (χ0) is 15.3. The van der Waals surface area contributed by atoms with Crippen molar-refractivity contribution in [3.8, 4) is 5.75 Å². The van der Waals surface area contributed by atoms with E-state index in [2.05, 4.69) is 10.6 Å². The van der Waals surface area contributed by atoms with Gasteiger partial charge in [-0.2, -0.15) is 0 Å². The average molecular weight is 283 g/mol. The molecule has 1 atom stereocenters. The van der Waals surface area contributed by atoms with Crippen LogP contribution in [0.5, 0.6) is 5.75 Å². The van der Waals surface area contributed by atoms with Crippen LogP contribution in [-0.2, 0) is 4.79 Å². The Kier molecular flexibility index (Phi) is 4.84. The van der Waals surface area contributed by atoms with E-state index in [9.17, 15) is 19.7 Å². The lowest BCUT2D eigenvalue weighted by Crippen LogP contribution is -2.40. The van der Waals surface area contributed by atoms with Crippen LogP contribution in [0.15, 0.2) is 18.2 Å². The van der Waals surface area contributed by atoms with Crippen molar-refractivity contribution in [3.05, 3.63) is 28.3 Å². The number of nitrogens with zero attached hydrogens (tertiary/aromatic N) is 1. The maximum absolute atomic E-state index is 11.6. The highest BCUT2D eigenvalue weighted by atomic mass is 16.6. The summed E-state index contributed by atoms with van der Waals surface area (Å²) in [6.45, 7) is 1.28. The van der Waals surface area contributed by atoms with E-state index in [1.165, 1.54) is 26.2 Å². The predicted octanol–water partition coefficient (Wildman–Crippen LogP) is 1.20. The van der Waals surface area contributed by atoms with Crippen molar-refractivity contribution < 1.29 is 24.4 Å². The fourth-order valence-corrected chi connectivity index (χ4v) is 1.32. The SMILES string of the molecule is COc1ccc([N+](=O)[O-])cc1NC(=O)NC(C)C(=O)O. The Morgan fingerprint density at radius 2 is 2.10 bits per heavy atom. The number of amides is 2. The van der Waals surface area contributed by atoms with Crippen LogP contribution >= 0.6 is 0 Å². The van der Waals surface area contributed by atoms with Gasteiger partial charge in [0.25, 0.3) is 5.69 Å². The van der Waals surface area contributed by atoms with Crippen molar-refractivity contribution in [2.75, 3.05) is 12.4 Å². The van der Waals surface area contributed by atoms with Crippen LogP contribution < -0.4 is 15.4 Å². The molecular formula is C11H13N3O6. The van der Waals surface area contributed by atoms with Gasteiger partial charge in [-0.3, -0.25) is 14.9 Å². The van der Waals surface area contributed by atoms with E-state index in [4.69, 9.17) is 9.84 Å². The Hall–Kier alpha value is -2.84. The first-order valence-corrected chi connectivity index (χ1v) is 5.48. The number of rotatable bonds is 5. The van der Waals surface area contributed by atoms with E-state index in [0.29, 0.717) is 0 Å². The van der Waals surface area contributed by atoms with Crippen LogP contribution in [0.1, 0.15) is 6.92 Å². The molecule has 0 radical (unpaired) electrons. The van der Waals surface area contributed by atoms with Crippen molar-refractivity contribution >= 4 is 23.4 Å². The van der Waals surface area contributed by atoms with Crippen LogP contribution in [0, 0.1) is 10.1 Å². The number of non-ortho nitro benzene ring substituents is 1. The van der Waals surface area contributed by atoms with Crippen LogP contribution in [-0.4, -0.2) is 35.2 Å². The highest BCUT2D eigenvalue weighted by molar-refractivity contribution is 5.93. The van der Waals surface area contributed by atoms with E-state index in [0.717, 1.165) is 6.07 Å². The van der Waals surface area contributed by atoms with Crippen LogP contribution in [0.2, 0.25) is 0 Å². The Morgan fingerprint density at radius 3 is 2.60 bits per heavy atom. The summed E-state index contributed by atoms with van der Waals surface area (Å²) < 4.78 is 4.95. The summed E-state index contributed by atoms with van der Waals surface area (Å²) in [5.74, 6) is -0.986. The number of nitrogens with one attached hydrogen (secondary N) is 2.